The zero-order valence-electron chi connectivity index (χ0n) is 11.6. The minimum absolute atomic E-state index is 0.00287. The molecule has 0 spiro atoms. The van der Waals surface area contributed by atoms with Crippen molar-refractivity contribution < 1.29 is 9.53 Å². The van der Waals surface area contributed by atoms with Crippen molar-refractivity contribution in [3.63, 3.8) is 0 Å². The van der Waals surface area contributed by atoms with Crippen LogP contribution in [0, 0.1) is 0 Å². The molecule has 1 atom stereocenters. The third kappa shape index (κ3) is 2.27. The highest BCUT2D eigenvalue weighted by molar-refractivity contribution is 5.99. The summed E-state index contributed by atoms with van der Waals surface area (Å²) in [5.74, 6) is 0.00287. The Morgan fingerprint density at radius 1 is 1.40 bits per heavy atom. The Morgan fingerprint density at radius 3 is 3.10 bits per heavy atom. The molecule has 1 aromatic heterocycles. The molecule has 0 saturated heterocycles. The van der Waals surface area contributed by atoms with Crippen molar-refractivity contribution in [2.24, 2.45) is 0 Å². The van der Waals surface area contributed by atoms with E-state index in [4.69, 9.17) is 4.74 Å². The second kappa shape index (κ2) is 5.59. The molecule has 0 saturated carbocycles. The second-order valence-corrected chi connectivity index (χ2v) is 5.00. The summed E-state index contributed by atoms with van der Waals surface area (Å²) >= 11 is 0. The van der Waals surface area contributed by atoms with Crippen LogP contribution in [0.5, 0.6) is 0 Å². The summed E-state index contributed by atoms with van der Waals surface area (Å²) in [7, 11) is 0. The highest BCUT2D eigenvalue weighted by Gasteiger charge is 2.29. The van der Waals surface area contributed by atoms with Crippen molar-refractivity contribution >= 4 is 5.78 Å². The maximum absolute atomic E-state index is 12.7. The van der Waals surface area contributed by atoms with Crippen molar-refractivity contribution in [3.05, 3.63) is 53.3 Å². The molecule has 0 radical (unpaired) electrons. The molecular formula is C16H18N2O2. The van der Waals surface area contributed by atoms with Crippen molar-refractivity contribution in [2.75, 3.05) is 6.61 Å². The molecule has 20 heavy (non-hydrogen) atoms. The van der Waals surface area contributed by atoms with E-state index in [9.17, 15) is 4.79 Å². The number of ketones is 1. The van der Waals surface area contributed by atoms with Crippen LogP contribution in [0.4, 0.5) is 0 Å². The predicted octanol–water partition coefficient (Wildman–Crippen LogP) is 2.79. The lowest BCUT2D eigenvalue weighted by atomic mass is 9.94. The molecular weight excluding hydrogens is 252 g/mol. The molecule has 1 aliphatic heterocycles. The minimum atomic E-state index is -0.493. The van der Waals surface area contributed by atoms with Crippen molar-refractivity contribution in [2.45, 2.75) is 32.4 Å². The van der Waals surface area contributed by atoms with Crippen molar-refractivity contribution in [3.8, 4) is 0 Å². The Balaban J connectivity index is 1.94. The lowest BCUT2D eigenvalue weighted by Crippen LogP contribution is -2.25. The fraction of sp³-hybridized carbons (Fsp3) is 0.375. The van der Waals surface area contributed by atoms with Crippen LogP contribution >= 0.6 is 0 Å². The van der Waals surface area contributed by atoms with Crippen LogP contribution in [0.2, 0.25) is 0 Å². The summed E-state index contributed by atoms with van der Waals surface area (Å²) < 4.78 is 7.50. The molecule has 0 N–H and O–H groups in total. The van der Waals surface area contributed by atoms with E-state index in [1.807, 2.05) is 18.2 Å². The Hall–Kier alpha value is -1.94. The predicted molar refractivity (Wildman–Crippen MR) is 75.7 cm³/mol. The topological polar surface area (TPSA) is 44.1 Å². The number of hydrogen-bond donors (Lipinski definition) is 0. The van der Waals surface area contributed by atoms with Crippen LogP contribution in [-0.2, 0) is 17.7 Å². The Labute approximate surface area is 118 Å². The van der Waals surface area contributed by atoms with Gasteiger partial charge in [0.25, 0.3) is 0 Å². The number of aryl methyl sites for hydroxylation is 1. The van der Waals surface area contributed by atoms with Gasteiger partial charge in [-0.05, 0) is 30.0 Å². The summed E-state index contributed by atoms with van der Waals surface area (Å²) in [5.41, 5.74) is 2.83. The van der Waals surface area contributed by atoms with Gasteiger partial charge in [-0.2, -0.15) is 5.10 Å². The maximum atomic E-state index is 12.7. The number of benzene rings is 1. The van der Waals surface area contributed by atoms with Gasteiger partial charge >= 0.3 is 0 Å². The summed E-state index contributed by atoms with van der Waals surface area (Å²) in [5, 5.41) is 4.22. The van der Waals surface area contributed by atoms with Crippen LogP contribution in [0.15, 0.2) is 36.5 Å². The first-order valence-electron chi connectivity index (χ1n) is 7.06. The number of carbonyl (C=O) groups is 1. The van der Waals surface area contributed by atoms with Crippen LogP contribution in [0.25, 0.3) is 0 Å². The number of rotatable bonds is 4. The van der Waals surface area contributed by atoms with E-state index in [2.05, 4.69) is 18.1 Å². The van der Waals surface area contributed by atoms with Crippen molar-refractivity contribution in [1.82, 2.24) is 9.78 Å². The number of nitrogens with zero attached hydrogens (tertiary/aromatic N) is 2. The number of hydrogen-bond acceptors (Lipinski definition) is 3. The third-order valence-corrected chi connectivity index (χ3v) is 3.64. The fourth-order valence-electron chi connectivity index (χ4n) is 2.68. The summed E-state index contributed by atoms with van der Waals surface area (Å²) in [6.07, 6.45) is 3.00. The number of Topliss-reactive ketones (excluding diaryl/α,β-unsaturated/α-hetero) is 1. The van der Waals surface area contributed by atoms with Gasteiger partial charge in [0.05, 0.1) is 6.61 Å². The zero-order chi connectivity index (χ0) is 13.9. The molecule has 0 amide bonds. The molecule has 2 heterocycles. The molecule has 1 unspecified atom stereocenters. The first-order valence-corrected chi connectivity index (χ1v) is 7.06. The van der Waals surface area contributed by atoms with Gasteiger partial charge in [0.2, 0.25) is 5.78 Å². The number of ether oxygens (including phenoxy) is 1. The van der Waals surface area contributed by atoms with Crippen LogP contribution in [0.3, 0.4) is 0 Å². The Bertz CT molecular complexity index is 618. The second-order valence-electron chi connectivity index (χ2n) is 5.00. The van der Waals surface area contributed by atoms with E-state index in [1.54, 1.807) is 16.9 Å². The van der Waals surface area contributed by atoms with Gasteiger partial charge < -0.3 is 4.74 Å². The van der Waals surface area contributed by atoms with Gasteiger partial charge in [0.15, 0.2) is 0 Å². The average molecular weight is 270 g/mol. The fourth-order valence-corrected chi connectivity index (χ4v) is 2.68. The highest BCUT2D eigenvalue weighted by Crippen LogP contribution is 2.29. The van der Waals surface area contributed by atoms with E-state index in [0.717, 1.165) is 24.9 Å². The third-order valence-electron chi connectivity index (χ3n) is 3.64. The van der Waals surface area contributed by atoms with Crippen molar-refractivity contribution in [1.29, 1.82) is 0 Å². The summed E-state index contributed by atoms with van der Waals surface area (Å²) in [6.45, 7) is 3.42. The quantitative estimate of drug-likeness (QED) is 0.802. The highest BCUT2D eigenvalue weighted by atomic mass is 16.5. The summed E-state index contributed by atoms with van der Waals surface area (Å²) in [6, 6.07) is 9.79. The average Bonchev–Trinajstić information content (AvgIpc) is 2.94. The van der Waals surface area contributed by atoms with Gasteiger partial charge in [-0.1, -0.05) is 31.2 Å². The molecule has 1 aliphatic rings. The molecule has 104 valence electrons. The number of fused-ring (bicyclic) bond motifs is 1. The van der Waals surface area contributed by atoms with Gasteiger partial charge in [0, 0.05) is 12.7 Å². The zero-order valence-corrected chi connectivity index (χ0v) is 11.6. The first-order chi connectivity index (χ1) is 9.81. The number of aromatic nitrogens is 2. The van der Waals surface area contributed by atoms with Gasteiger partial charge in [0.1, 0.15) is 11.8 Å². The molecule has 4 heteroatoms. The molecule has 3 rings (SSSR count). The van der Waals surface area contributed by atoms with Gasteiger partial charge in [-0.15, -0.1) is 0 Å². The van der Waals surface area contributed by atoms with E-state index >= 15 is 0 Å². The molecule has 2 aromatic rings. The molecule has 0 fully saturated rings. The Morgan fingerprint density at radius 2 is 2.25 bits per heavy atom. The standard InChI is InChI=1S/C16H18N2O2/c1-2-10-18-14(7-9-17-18)15(19)16-13-6-4-3-5-12(13)8-11-20-16/h3-7,9,16H,2,8,10-11H2,1H3. The number of carbonyl (C=O) groups excluding carboxylic acids is 1. The smallest absolute Gasteiger partial charge is 0.214 e. The maximum Gasteiger partial charge on any atom is 0.214 e. The monoisotopic (exact) mass is 270 g/mol. The molecule has 0 aliphatic carbocycles. The molecule has 4 nitrogen and oxygen atoms in total. The molecule has 1 aromatic carbocycles. The molecule has 0 bridgehead atoms. The SMILES string of the molecule is CCCn1nccc1C(=O)C1OCCc2ccccc21. The normalized spacial score (nSPS) is 17.8. The van der Waals surface area contributed by atoms with Crippen LogP contribution in [-0.4, -0.2) is 22.2 Å². The Kier molecular flexibility index (Phi) is 3.65. The first kappa shape index (κ1) is 13.1. The van der Waals surface area contributed by atoms with E-state index in [0.29, 0.717) is 12.3 Å². The van der Waals surface area contributed by atoms with E-state index in [-0.39, 0.29) is 5.78 Å². The lowest BCUT2D eigenvalue weighted by Gasteiger charge is -2.25. The van der Waals surface area contributed by atoms with Gasteiger partial charge in [-0.25, -0.2) is 0 Å². The minimum Gasteiger partial charge on any atom is -0.365 e. The summed E-state index contributed by atoms with van der Waals surface area (Å²) in [4.78, 5) is 12.7. The van der Waals surface area contributed by atoms with Gasteiger partial charge in [-0.3, -0.25) is 9.48 Å². The van der Waals surface area contributed by atoms with Crippen LogP contribution < -0.4 is 0 Å². The lowest BCUT2D eigenvalue weighted by molar-refractivity contribution is 0.0340. The van der Waals surface area contributed by atoms with Crippen LogP contribution in [0.1, 0.15) is 41.1 Å². The van der Waals surface area contributed by atoms with E-state index < -0.39 is 6.10 Å². The largest absolute Gasteiger partial charge is 0.365 e. The van der Waals surface area contributed by atoms with E-state index in [1.165, 1.54) is 5.56 Å².